The molecular weight excluding hydrogens is 204 g/mol. The summed E-state index contributed by atoms with van der Waals surface area (Å²) < 4.78 is 5.53. The molecule has 16 heavy (non-hydrogen) atoms. The van der Waals surface area contributed by atoms with Crippen molar-refractivity contribution in [3.63, 3.8) is 0 Å². The number of para-hydroxylation sites is 1. The normalized spacial score (nSPS) is 24.2. The fourth-order valence-electron chi connectivity index (χ4n) is 2.00. The summed E-state index contributed by atoms with van der Waals surface area (Å²) in [6.45, 7) is 2.54. The largest absolute Gasteiger partial charge is 0.494 e. The SMILES string of the molecule is CCOc1ccccc1C1NC(=O)CC1N. The number of amides is 1. The molecule has 1 fully saturated rings. The summed E-state index contributed by atoms with van der Waals surface area (Å²) in [5, 5.41) is 2.87. The highest BCUT2D eigenvalue weighted by Crippen LogP contribution is 2.30. The van der Waals surface area contributed by atoms with E-state index in [1.165, 1.54) is 0 Å². The predicted molar refractivity (Wildman–Crippen MR) is 61.1 cm³/mol. The summed E-state index contributed by atoms with van der Waals surface area (Å²) in [5.41, 5.74) is 6.89. The highest BCUT2D eigenvalue weighted by molar-refractivity contribution is 5.80. The minimum atomic E-state index is -0.172. The number of hydrogen-bond acceptors (Lipinski definition) is 3. The minimum absolute atomic E-state index is 0.00352. The lowest BCUT2D eigenvalue weighted by Gasteiger charge is -2.18. The zero-order chi connectivity index (χ0) is 11.5. The van der Waals surface area contributed by atoms with Gasteiger partial charge in [-0.3, -0.25) is 4.79 Å². The fourth-order valence-corrected chi connectivity index (χ4v) is 2.00. The summed E-state index contributed by atoms with van der Waals surface area (Å²) in [5.74, 6) is 0.802. The van der Waals surface area contributed by atoms with Crippen LogP contribution in [0.2, 0.25) is 0 Å². The van der Waals surface area contributed by atoms with Gasteiger partial charge in [0.1, 0.15) is 5.75 Å². The first-order chi connectivity index (χ1) is 7.72. The van der Waals surface area contributed by atoms with Crippen molar-refractivity contribution in [1.82, 2.24) is 5.32 Å². The van der Waals surface area contributed by atoms with Crippen LogP contribution in [0.15, 0.2) is 24.3 Å². The lowest BCUT2D eigenvalue weighted by molar-refractivity contribution is -0.119. The zero-order valence-electron chi connectivity index (χ0n) is 9.27. The molecule has 0 aliphatic carbocycles. The monoisotopic (exact) mass is 220 g/mol. The molecule has 4 heteroatoms. The molecular formula is C12H16N2O2. The molecule has 0 aromatic heterocycles. The molecule has 0 spiro atoms. The lowest BCUT2D eigenvalue weighted by Crippen LogP contribution is -2.29. The van der Waals surface area contributed by atoms with Gasteiger partial charge in [-0.2, -0.15) is 0 Å². The Morgan fingerprint density at radius 2 is 2.25 bits per heavy atom. The van der Waals surface area contributed by atoms with Crippen LogP contribution >= 0.6 is 0 Å². The molecule has 1 aromatic carbocycles. The number of nitrogens with two attached hydrogens (primary N) is 1. The van der Waals surface area contributed by atoms with E-state index in [9.17, 15) is 4.79 Å². The molecule has 2 unspecified atom stereocenters. The Balaban J connectivity index is 2.28. The van der Waals surface area contributed by atoms with Crippen LogP contribution in [-0.2, 0) is 4.79 Å². The van der Waals surface area contributed by atoms with Gasteiger partial charge in [-0.15, -0.1) is 0 Å². The van der Waals surface area contributed by atoms with Crippen LogP contribution in [-0.4, -0.2) is 18.6 Å². The minimum Gasteiger partial charge on any atom is -0.494 e. The van der Waals surface area contributed by atoms with E-state index in [0.29, 0.717) is 13.0 Å². The Kier molecular flexibility index (Phi) is 3.10. The summed E-state index contributed by atoms with van der Waals surface area (Å²) in [7, 11) is 0. The molecule has 1 saturated heterocycles. The Hall–Kier alpha value is -1.55. The van der Waals surface area contributed by atoms with Crippen molar-refractivity contribution in [2.75, 3.05) is 6.61 Å². The maximum atomic E-state index is 11.3. The molecule has 2 atom stereocenters. The standard InChI is InChI=1S/C12H16N2O2/c1-2-16-10-6-4-3-5-8(10)12-9(13)7-11(15)14-12/h3-6,9,12H,2,7,13H2,1H3,(H,14,15). The quantitative estimate of drug-likeness (QED) is 0.798. The van der Waals surface area contributed by atoms with Gasteiger partial charge < -0.3 is 15.8 Å². The smallest absolute Gasteiger partial charge is 0.222 e. The van der Waals surface area contributed by atoms with E-state index in [2.05, 4.69) is 5.32 Å². The molecule has 2 rings (SSSR count). The molecule has 4 nitrogen and oxygen atoms in total. The van der Waals surface area contributed by atoms with Crippen molar-refractivity contribution in [2.45, 2.75) is 25.4 Å². The van der Waals surface area contributed by atoms with Crippen LogP contribution in [0.4, 0.5) is 0 Å². The molecule has 0 bridgehead atoms. The molecule has 1 heterocycles. The maximum absolute atomic E-state index is 11.3. The maximum Gasteiger partial charge on any atom is 0.222 e. The van der Waals surface area contributed by atoms with E-state index in [1.54, 1.807) is 0 Å². The third kappa shape index (κ3) is 2.02. The second kappa shape index (κ2) is 4.53. The van der Waals surface area contributed by atoms with Crippen LogP contribution in [0.1, 0.15) is 24.9 Å². The predicted octanol–water partition coefficient (Wildman–Crippen LogP) is 0.974. The number of rotatable bonds is 3. The van der Waals surface area contributed by atoms with Crippen molar-refractivity contribution in [2.24, 2.45) is 5.73 Å². The summed E-state index contributed by atoms with van der Waals surface area (Å²) in [6, 6.07) is 7.38. The molecule has 1 aromatic rings. The van der Waals surface area contributed by atoms with Crippen molar-refractivity contribution >= 4 is 5.91 Å². The van der Waals surface area contributed by atoms with Crippen molar-refractivity contribution in [3.8, 4) is 5.75 Å². The summed E-state index contributed by atoms with van der Waals surface area (Å²) >= 11 is 0. The van der Waals surface area contributed by atoms with Gasteiger partial charge in [-0.25, -0.2) is 0 Å². The van der Waals surface area contributed by atoms with Crippen LogP contribution in [0.3, 0.4) is 0 Å². The van der Waals surface area contributed by atoms with E-state index in [1.807, 2.05) is 31.2 Å². The number of benzene rings is 1. The number of nitrogens with one attached hydrogen (secondary N) is 1. The average molecular weight is 220 g/mol. The summed E-state index contributed by atoms with van der Waals surface area (Å²) in [6.07, 6.45) is 0.380. The third-order valence-corrected chi connectivity index (χ3v) is 2.72. The topological polar surface area (TPSA) is 64.3 Å². The number of ether oxygens (including phenoxy) is 1. The first-order valence-corrected chi connectivity index (χ1v) is 5.49. The lowest BCUT2D eigenvalue weighted by atomic mass is 10.0. The molecule has 1 amide bonds. The first kappa shape index (κ1) is 11.0. The van der Waals surface area contributed by atoms with Crippen LogP contribution < -0.4 is 15.8 Å². The average Bonchev–Trinajstić information content (AvgIpc) is 2.59. The molecule has 3 N–H and O–H groups in total. The van der Waals surface area contributed by atoms with E-state index in [0.717, 1.165) is 11.3 Å². The Labute approximate surface area is 94.8 Å². The Morgan fingerprint density at radius 1 is 1.50 bits per heavy atom. The molecule has 1 aliphatic rings. The number of hydrogen-bond donors (Lipinski definition) is 2. The molecule has 0 saturated carbocycles. The second-order valence-corrected chi connectivity index (χ2v) is 3.88. The van der Waals surface area contributed by atoms with Crippen LogP contribution in [0.5, 0.6) is 5.75 Å². The fraction of sp³-hybridized carbons (Fsp3) is 0.417. The van der Waals surface area contributed by atoms with Crippen molar-refractivity contribution in [1.29, 1.82) is 0 Å². The van der Waals surface area contributed by atoms with Gasteiger partial charge in [0.25, 0.3) is 0 Å². The van der Waals surface area contributed by atoms with Crippen molar-refractivity contribution in [3.05, 3.63) is 29.8 Å². The molecule has 86 valence electrons. The summed E-state index contributed by atoms with van der Waals surface area (Å²) in [4.78, 5) is 11.3. The van der Waals surface area contributed by atoms with E-state index in [-0.39, 0.29) is 18.0 Å². The van der Waals surface area contributed by atoms with Gasteiger partial charge in [0.15, 0.2) is 0 Å². The number of carbonyl (C=O) groups is 1. The van der Waals surface area contributed by atoms with Crippen LogP contribution in [0, 0.1) is 0 Å². The Bertz CT molecular complexity index is 392. The third-order valence-electron chi connectivity index (χ3n) is 2.72. The highest BCUT2D eigenvalue weighted by atomic mass is 16.5. The van der Waals surface area contributed by atoms with Gasteiger partial charge in [-0.1, -0.05) is 18.2 Å². The van der Waals surface area contributed by atoms with E-state index < -0.39 is 0 Å². The first-order valence-electron chi connectivity index (χ1n) is 5.49. The second-order valence-electron chi connectivity index (χ2n) is 3.88. The van der Waals surface area contributed by atoms with Gasteiger partial charge in [0.2, 0.25) is 5.91 Å². The number of carbonyl (C=O) groups excluding carboxylic acids is 1. The van der Waals surface area contributed by atoms with Gasteiger partial charge in [0.05, 0.1) is 12.6 Å². The van der Waals surface area contributed by atoms with Gasteiger partial charge in [-0.05, 0) is 13.0 Å². The zero-order valence-corrected chi connectivity index (χ0v) is 9.27. The molecule has 1 aliphatic heterocycles. The van der Waals surface area contributed by atoms with Crippen molar-refractivity contribution < 1.29 is 9.53 Å². The molecule has 0 radical (unpaired) electrons. The Morgan fingerprint density at radius 3 is 2.88 bits per heavy atom. The van der Waals surface area contributed by atoms with E-state index >= 15 is 0 Å². The van der Waals surface area contributed by atoms with Gasteiger partial charge in [0, 0.05) is 18.0 Å². The highest BCUT2D eigenvalue weighted by Gasteiger charge is 2.32. The van der Waals surface area contributed by atoms with Crippen LogP contribution in [0.25, 0.3) is 0 Å². The van der Waals surface area contributed by atoms with Gasteiger partial charge >= 0.3 is 0 Å². The van der Waals surface area contributed by atoms with E-state index in [4.69, 9.17) is 10.5 Å².